The molecule has 0 radical (unpaired) electrons. The number of hydrogen-bond donors (Lipinski definition) is 1. The highest BCUT2D eigenvalue weighted by molar-refractivity contribution is 7.99. The Balaban J connectivity index is 1.33. The molecule has 0 unspecified atom stereocenters. The molecule has 4 aromatic rings. The summed E-state index contributed by atoms with van der Waals surface area (Å²) in [6.07, 6.45) is 5.63. The fourth-order valence-electron chi connectivity index (χ4n) is 4.33. The average Bonchev–Trinajstić information content (AvgIpc) is 3.57. The second-order valence-electron chi connectivity index (χ2n) is 8.33. The van der Waals surface area contributed by atoms with Gasteiger partial charge in [0.25, 0.3) is 0 Å². The van der Waals surface area contributed by atoms with Crippen LogP contribution in [0.2, 0.25) is 0 Å². The van der Waals surface area contributed by atoms with Gasteiger partial charge in [0.1, 0.15) is 10.6 Å². The van der Waals surface area contributed by atoms with Crippen molar-refractivity contribution in [2.75, 3.05) is 17.7 Å². The molecule has 1 aliphatic rings. The van der Waals surface area contributed by atoms with E-state index in [1.165, 1.54) is 23.1 Å². The number of hydrogen-bond acceptors (Lipinski definition) is 8. The zero-order chi connectivity index (χ0) is 25.1. The number of anilines is 1. The number of nitrogens with zero attached hydrogens (tertiary/aromatic N) is 3. The molecule has 10 heteroatoms. The van der Waals surface area contributed by atoms with Gasteiger partial charge in [0.2, 0.25) is 11.7 Å². The highest BCUT2D eigenvalue weighted by Gasteiger charge is 2.27. The van der Waals surface area contributed by atoms with Crippen LogP contribution in [0.3, 0.4) is 0 Å². The summed E-state index contributed by atoms with van der Waals surface area (Å²) in [6, 6.07) is 9.67. The van der Waals surface area contributed by atoms with Gasteiger partial charge in [-0.15, -0.1) is 28.1 Å². The molecule has 1 N–H and O–H groups in total. The lowest BCUT2D eigenvalue weighted by Gasteiger charge is -2.12. The Morgan fingerprint density at radius 2 is 2.11 bits per heavy atom. The minimum absolute atomic E-state index is 0.111. The lowest BCUT2D eigenvalue weighted by Crippen LogP contribution is -2.17. The van der Waals surface area contributed by atoms with Crippen LogP contribution in [0.25, 0.3) is 22.6 Å². The molecule has 3 heterocycles. The van der Waals surface area contributed by atoms with Crippen LogP contribution in [0.15, 0.2) is 52.6 Å². The smallest absolute Gasteiger partial charge is 0.341 e. The summed E-state index contributed by atoms with van der Waals surface area (Å²) in [5, 5.41) is 13.7. The number of nitrogens with one attached hydrogen (secondary N) is 1. The Kier molecular flexibility index (Phi) is 7.24. The fourth-order valence-corrected chi connectivity index (χ4v) is 6.37. The zero-order valence-electron chi connectivity index (χ0n) is 19.9. The van der Waals surface area contributed by atoms with E-state index in [2.05, 4.69) is 22.1 Å². The number of fused-ring (bicyclic) bond motifs is 2. The third-order valence-electron chi connectivity index (χ3n) is 5.91. The van der Waals surface area contributed by atoms with E-state index in [0.29, 0.717) is 40.5 Å². The van der Waals surface area contributed by atoms with Gasteiger partial charge in [-0.25, -0.2) is 4.79 Å². The van der Waals surface area contributed by atoms with E-state index >= 15 is 0 Å². The molecule has 0 fully saturated rings. The Morgan fingerprint density at radius 1 is 1.28 bits per heavy atom. The summed E-state index contributed by atoms with van der Waals surface area (Å²) < 4.78 is 13.1. The van der Waals surface area contributed by atoms with Crippen LogP contribution >= 0.6 is 23.1 Å². The first kappa shape index (κ1) is 24.3. The van der Waals surface area contributed by atoms with Gasteiger partial charge in [-0.1, -0.05) is 36.0 Å². The first-order valence-corrected chi connectivity index (χ1v) is 13.7. The van der Waals surface area contributed by atoms with Crippen LogP contribution in [0.4, 0.5) is 5.00 Å². The molecule has 3 aromatic heterocycles. The predicted molar refractivity (Wildman–Crippen MR) is 142 cm³/mol. The number of allylic oxidation sites excluding steroid dienone is 1. The fraction of sp³-hybridized carbons (Fsp3) is 0.308. The molecular formula is C26H26N4O4S2. The minimum Gasteiger partial charge on any atom is -0.462 e. The number of ether oxygens (including phenoxy) is 1. The number of aryl methyl sites for hydroxylation is 1. The van der Waals surface area contributed by atoms with Crippen molar-refractivity contribution in [3.8, 4) is 11.6 Å². The number of furan rings is 1. The molecule has 0 saturated carbocycles. The summed E-state index contributed by atoms with van der Waals surface area (Å²) in [6.45, 7) is 6.38. The van der Waals surface area contributed by atoms with Gasteiger partial charge in [-0.2, -0.15) is 0 Å². The zero-order valence-corrected chi connectivity index (χ0v) is 21.5. The van der Waals surface area contributed by atoms with E-state index in [9.17, 15) is 9.59 Å². The van der Waals surface area contributed by atoms with Gasteiger partial charge in [-0.05, 0) is 50.3 Å². The number of thiophene rings is 1. The molecule has 0 aliphatic heterocycles. The van der Waals surface area contributed by atoms with Gasteiger partial charge >= 0.3 is 5.97 Å². The molecule has 1 aliphatic carbocycles. The summed E-state index contributed by atoms with van der Waals surface area (Å²) in [7, 11) is 0. The summed E-state index contributed by atoms with van der Waals surface area (Å²) >= 11 is 2.75. The Hall–Kier alpha value is -3.37. The van der Waals surface area contributed by atoms with Crippen molar-refractivity contribution in [1.82, 2.24) is 14.8 Å². The number of esters is 1. The second kappa shape index (κ2) is 10.7. The Labute approximate surface area is 216 Å². The normalized spacial score (nSPS) is 12.9. The summed E-state index contributed by atoms with van der Waals surface area (Å²) in [5.74, 6) is 0.693. The van der Waals surface area contributed by atoms with Crippen LogP contribution in [-0.4, -0.2) is 39.0 Å². The van der Waals surface area contributed by atoms with Crippen LogP contribution < -0.4 is 5.32 Å². The topological polar surface area (TPSA) is 99.2 Å². The first-order chi connectivity index (χ1) is 17.6. The van der Waals surface area contributed by atoms with Gasteiger partial charge in [0.15, 0.2) is 10.9 Å². The number of carbonyl (C=O) groups excluding carboxylic acids is 2. The van der Waals surface area contributed by atoms with Crippen LogP contribution in [0, 0.1) is 0 Å². The van der Waals surface area contributed by atoms with Crippen molar-refractivity contribution in [2.24, 2.45) is 0 Å². The van der Waals surface area contributed by atoms with Crippen LogP contribution in [0.5, 0.6) is 0 Å². The third kappa shape index (κ3) is 4.83. The monoisotopic (exact) mass is 522 g/mol. The quantitative estimate of drug-likeness (QED) is 0.170. The first-order valence-electron chi connectivity index (χ1n) is 11.9. The molecule has 0 saturated heterocycles. The molecule has 5 rings (SSSR count). The number of carbonyl (C=O) groups is 2. The molecule has 1 aromatic carbocycles. The maximum Gasteiger partial charge on any atom is 0.341 e. The van der Waals surface area contributed by atoms with Gasteiger partial charge in [0, 0.05) is 16.8 Å². The van der Waals surface area contributed by atoms with E-state index in [4.69, 9.17) is 9.15 Å². The number of amides is 1. The second-order valence-corrected chi connectivity index (χ2v) is 10.4. The van der Waals surface area contributed by atoms with E-state index in [1.54, 1.807) is 13.0 Å². The number of rotatable bonds is 9. The van der Waals surface area contributed by atoms with E-state index in [1.807, 2.05) is 34.9 Å². The van der Waals surface area contributed by atoms with Crippen molar-refractivity contribution in [2.45, 2.75) is 44.3 Å². The minimum atomic E-state index is -0.374. The molecule has 36 heavy (non-hydrogen) atoms. The SMILES string of the molecule is C=CCn1c(SCC(=O)Nc2sc3c(c2C(=O)OCC)CCCC3)nnc1-c1cc2ccccc2o1. The van der Waals surface area contributed by atoms with Crippen LogP contribution in [-0.2, 0) is 28.9 Å². The highest BCUT2D eigenvalue weighted by Crippen LogP contribution is 2.39. The lowest BCUT2D eigenvalue weighted by atomic mass is 9.95. The van der Waals surface area contributed by atoms with Gasteiger partial charge in [-0.3, -0.25) is 9.36 Å². The maximum absolute atomic E-state index is 12.9. The molecule has 0 bridgehead atoms. The maximum atomic E-state index is 12.9. The summed E-state index contributed by atoms with van der Waals surface area (Å²) in [5.41, 5.74) is 2.30. The van der Waals surface area contributed by atoms with E-state index in [-0.39, 0.29) is 17.6 Å². The van der Waals surface area contributed by atoms with Crippen molar-refractivity contribution in [3.05, 3.63) is 59.0 Å². The van der Waals surface area contributed by atoms with Gasteiger partial charge < -0.3 is 14.5 Å². The summed E-state index contributed by atoms with van der Waals surface area (Å²) in [4.78, 5) is 26.7. The lowest BCUT2D eigenvalue weighted by molar-refractivity contribution is -0.113. The standard InChI is InChI=1S/C26H26N4O4S2/c1-3-13-30-23(19-14-16-9-5-7-11-18(16)34-19)28-29-26(30)35-15-21(31)27-24-22(25(32)33-4-2)17-10-6-8-12-20(17)36-24/h3,5,7,9,11,14H,1,4,6,8,10,12-13,15H2,2H3,(H,27,31). The van der Waals surface area contributed by atoms with Gasteiger partial charge in [0.05, 0.1) is 17.9 Å². The van der Waals surface area contributed by atoms with E-state index < -0.39 is 0 Å². The Bertz CT molecular complexity index is 1400. The van der Waals surface area contributed by atoms with Crippen molar-refractivity contribution in [1.29, 1.82) is 0 Å². The van der Waals surface area contributed by atoms with Crippen molar-refractivity contribution < 1.29 is 18.7 Å². The largest absolute Gasteiger partial charge is 0.462 e. The van der Waals surface area contributed by atoms with Crippen LogP contribution in [0.1, 0.15) is 40.6 Å². The molecule has 1 amide bonds. The number of aromatic nitrogens is 3. The number of thioether (sulfide) groups is 1. The number of para-hydroxylation sites is 1. The molecule has 186 valence electrons. The Morgan fingerprint density at radius 3 is 2.92 bits per heavy atom. The average molecular weight is 523 g/mol. The predicted octanol–water partition coefficient (Wildman–Crippen LogP) is 5.73. The molecule has 8 nitrogen and oxygen atoms in total. The number of benzene rings is 1. The van der Waals surface area contributed by atoms with Crippen molar-refractivity contribution >= 4 is 50.9 Å². The van der Waals surface area contributed by atoms with Crippen molar-refractivity contribution in [3.63, 3.8) is 0 Å². The highest BCUT2D eigenvalue weighted by atomic mass is 32.2. The van der Waals surface area contributed by atoms with E-state index in [0.717, 1.165) is 47.1 Å². The molecule has 0 spiro atoms. The molecular weight excluding hydrogens is 496 g/mol. The third-order valence-corrected chi connectivity index (χ3v) is 8.08. The molecule has 0 atom stereocenters.